The normalized spacial score (nSPS) is 12.4. The van der Waals surface area contributed by atoms with E-state index < -0.39 is 18.8 Å². The number of halogens is 3. The number of ether oxygens (including phenoxy) is 2. The molecule has 0 atom stereocenters. The number of ketones is 1. The summed E-state index contributed by atoms with van der Waals surface area (Å²) in [4.78, 5) is 13.6. The number of anilines is 1. The largest absolute Gasteiger partial charge is 0.487 e. The number of alkyl halides is 2. The van der Waals surface area contributed by atoms with Crippen molar-refractivity contribution in [3.63, 3.8) is 0 Å². The second kappa shape index (κ2) is 11.2. The van der Waals surface area contributed by atoms with Crippen LogP contribution in [-0.2, 0) is 13.5 Å². The fourth-order valence-electron chi connectivity index (χ4n) is 5.01. The van der Waals surface area contributed by atoms with Crippen molar-refractivity contribution in [2.45, 2.75) is 19.8 Å². The number of benzene rings is 3. The molecule has 0 fully saturated rings. The minimum absolute atomic E-state index is 0.107. The third-order valence-electron chi connectivity index (χ3n) is 7.14. The Labute approximate surface area is 244 Å². The zero-order valence-corrected chi connectivity index (χ0v) is 23.2. The molecular formula is C32H26F3N5O3. The number of carbonyl (C=O) groups is 1. The number of hydrogen-bond donors (Lipinski definition) is 1. The lowest BCUT2D eigenvalue weighted by molar-refractivity contribution is 0.0822. The Bertz CT molecular complexity index is 1890. The van der Waals surface area contributed by atoms with Gasteiger partial charge in [0, 0.05) is 36.4 Å². The Balaban J connectivity index is 1.25. The van der Waals surface area contributed by atoms with E-state index in [0.29, 0.717) is 45.7 Å². The Morgan fingerprint density at radius 3 is 2.58 bits per heavy atom. The smallest absolute Gasteiger partial charge is 0.272 e. The van der Waals surface area contributed by atoms with Crippen LogP contribution >= 0.6 is 0 Å². The number of allylic oxidation sites excluding steroid dienone is 1. The molecule has 1 aliphatic rings. The van der Waals surface area contributed by atoms with Gasteiger partial charge in [0.05, 0.1) is 23.6 Å². The molecule has 218 valence electrons. The number of fused-ring (bicyclic) bond motifs is 1. The molecule has 2 heterocycles. The second-order valence-electron chi connectivity index (χ2n) is 10.2. The summed E-state index contributed by atoms with van der Waals surface area (Å²) in [6, 6.07) is 14.8. The maximum atomic E-state index is 14.1. The Morgan fingerprint density at radius 2 is 1.86 bits per heavy atom. The molecule has 0 radical (unpaired) electrons. The summed E-state index contributed by atoms with van der Waals surface area (Å²) < 4.78 is 54.2. The molecule has 1 aliphatic carbocycles. The van der Waals surface area contributed by atoms with Crippen LogP contribution in [0.5, 0.6) is 17.2 Å². The van der Waals surface area contributed by atoms with Gasteiger partial charge in [-0.2, -0.15) is 10.2 Å². The minimum Gasteiger partial charge on any atom is -0.487 e. The molecule has 0 saturated carbocycles. The van der Waals surface area contributed by atoms with Crippen molar-refractivity contribution in [1.82, 2.24) is 19.6 Å². The van der Waals surface area contributed by atoms with Crippen molar-refractivity contribution in [3.8, 4) is 34.1 Å². The van der Waals surface area contributed by atoms with Gasteiger partial charge in [0.1, 0.15) is 23.9 Å². The minimum atomic E-state index is -2.64. The van der Waals surface area contributed by atoms with Crippen LogP contribution in [0.3, 0.4) is 0 Å². The molecule has 11 heteroatoms. The molecule has 0 amide bonds. The highest BCUT2D eigenvalue weighted by atomic mass is 19.3. The first-order valence-electron chi connectivity index (χ1n) is 13.4. The van der Waals surface area contributed by atoms with Gasteiger partial charge in [0.2, 0.25) is 0 Å². The van der Waals surface area contributed by atoms with Crippen LogP contribution in [-0.4, -0.2) is 38.4 Å². The summed E-state index contributed by atoms with van der Waals surface area (Å²) in [6.07, 6.45) is 4.21. The number of carbonyl (C=O) groups excluding carboxylic acids is 1. The number of aromatic nitrogens is 4. The average molecular weight is 586 g/mol. The predicted molar refractivity (Wildman–Crippen MR) is 155 cm³/mol. The molecule has 0 bridgehead atoms. The quantitative estimate of drug-likeness (QED) is 0.197. The van der Waals surface area contributed by atoms with E-state index in [9.17, 15) is 18.0 Å². The van der Waals surface area contributed by atoms with Crippen molar-refractivity contribution < 1.29 is 27.4 Å². The maximum Gasteiger partial charge on any atom is 0.272 e. The number of rotatable bonds is 9. The lowest BCUT2D eigenvalue weighted by atomic mass is 9.99. The van der Waals surface area contributed by atoms with E-state index in [0.717, 1.165) is 5.56 Å². The Hall–Kier alpha value is -5.32. The lowest BCUT2D eigenvalue weighted by Gasteiger charge is -2.13. The van der Waals surface area contributed by atoms with Gasteiger partial charge in [-0.05, 0) is 72.2 Å². The molecule has 0 saturated heterocycles. The number of Topliss-reactive ketones (excluding diaryl/α,β-unsaturated/α-hetero) is 1. The second-order valence-corrected chi connectivity index (χ2v) is 10.2. The van der Waals surface area contributed by atoms with Crippen LogP contribution in [0.4, 0.5) is 19.0 Å². The number of nitrogens with two attached hydrogens (primary N) is 1. The Morgan fingerprint density at radius 1 is 1.05 bits per heavy atom. The number of nitrogens with zero attached hydrogens (tertiary/aromatic N) is 4. The lowest BCUT2D eigenvalue weighted by Crippen LogP contribution is -2.09. The van der Waals surface area contributed by atoms with Gasteiger partial charge >= 0.3 is 0 Å². The standard InChI is InChI=1S/C32H26F3N5O3/c1-18-9-23(7-8-27(18)43-28-6-4-3-5-26(28)33)40-32(36)25(15-38-40)31(41)21-10-19-12-24(22-14-37-39(2)16-22)29(13-20(19)11-21)42-17-30(34)35/h3-9,11-16,30H,10,17,36H2,1-2H3. The van der Waals surface area contributed by atoms with Gasteiger partial charge in [-0.15, -0.1) is 0 Å². The molecule has 8 nitrogen and oxygen atoms in total. The van der Waals surface area contributed by atoms with E-state index in [1.165, 1.54) is 16.9 Å². The van der Waals surface area contributed by atoms with E-state index in [1.54, 1.807) is 72.7 Å². The molecule has 5 aromatic rings. The highest BCUT2D eigenvalue weighted by Gasteiger charge is 2.26. The first-order chi connectivity index (χ1) is 20.7. The van der Waals surface area contributed by atoms with Gasteiger partial charge in [0.25, 0.3) is 6.43 Å². The van der Waals surface area contributed by atoms with Crippen molar-refractivity contribution in [2.24, 2.45) is 7.05 Å². The number of hydrogen-bond acceptors (Lipinski definition) is 6. The topological polar surface area (TPSA) is 97.2 Å². The summed E-state index contributed by atoms with van der Waals surface area (Å²) in [5.74, 6) is 0.236. The number of aryl methyl sites for hydroxylation is 2. The molecule has 0 aliphatic heterocycles. The third-order valence-corrected chi connectivity index (χ3v) is 7.14. The van der Waals surface area contributed by atoms with Gasteiger partial charge < -0.3 is 15.2 Å². The van der Waals surface area contributed by atoms with Gasteiger partial charge in [-0.25, -0.2) is 17.9 Å². The van der Waals surface area contributed by atoms with Gasteiger partial charge in [0.15, 0.2) is 17.3 Å². The summed E-state index contributed by atoms with van der Waals surface area (Å²) in [5.41, 5.74) is 11.3. The molecule has 6 rings (SSSR count). The molecule has 2 N–H and O–H groups in total. The summed E-state index contributed by atoms with van der Waals surface area (Å²) >= 11 is 0. The van der Waals surface area contributed by atoms with Crippen molar-refractivity contribution >= 4 is 17.7 Å². The SMILES string of the molecule is Cc1cc(-n2ncc(C(=O)C3=Cc4cc(OCC(F)F)c(-c5cnn(C)c5)cc4C3)c2N)ccc1Oc1ccccc1F. The molecule has 43 heavy (non-hydrogen) atoms. The van der Waals surface area contributed by atoms with Crippen molar-refractivity contribution in [1.29, 1.82) is 0 Å². The van der Waals surface area contributed by atoms with E-state index >= 15 is 0 Å². The zero-order valence-electron chi connectivity index (χ0n) is 23.2. The molecule has 3 aromatic carbocycles. The third kappa shape index (κ3) is 5.49. The molecule has 0 spiro atoms. The van der Waals surface area contributed by atoms with Gasteiger partial charge in [-0.1, -0.05) is 12.1 Å². The molecule has 2 aromatic heterocycles. The monoisotopic (exact) mass is 585 g/mol. The van der Waals surface area contributed by atoms with Crippen LogP contribution in [0.15, 0.2) is 78.8 Å². The summed E-state index contributed by atoms with van der Waals surface area (Å²) in [5, 5.41) is 8.53. The molecule has 0 unspecified atom stereocenters. The fourth-order valence-corrected chi connectivity index (χ4v) is 5.01. The fraction of sp³-hybridized carbons (Fsp3) is 0.156. The summed E-state index contributed by atoms with van der Waals surface area (Å²) in [7, 11) is 1.76. The van der Waals surface area contributed by atoms with Crippen LogP contribution in [0.1, 0.15) is 27.0 Å². The Kier molecular flexibility index (Phi) is 7.22. The van der Waals surface area contributed by atoms with E-state index in [2.05, 4.69) is 10.2 Å². The van der Waals surface area contributed by atoms with Crippen LogP contribution in [0.25, 0.3) is 22.9 Å². The highest BCUT2D eigenvalue weighted by molar-refractivity contribution is 6.15. The van der Waals surface area contributed by atoms with Crippen molar-refractivity contribution in [2.75, 3.05) is 12.3 Å². The molecular weight excluding hydrogens is 559 g/mol. The number of nitrogen functional groups attached to an aromatic ring is 1. The van der Waals surface area contributed by atoms with E-state index in [1.807, 2.05) is 13.0 Å². The van der Waals surface area contributed by atoms with Crippen LogP contribution < -0.4 is 15.2 Å². The maximum absolute atomic E-state index is 14.1. The average Bonchev–Trinajstić information content (AvgIpc) is 3.71. The first-order valence-corrected chi connectivity index (χ1v) is 13.4. The van der Waals surface area contributed by atoms with Crippen molar-refractivity contribution in [3.05, 3.63) is 107 Å². The predicted octanol–water partition coefficient (Wildman–Crippen LogP) is 6.56. The van der Waals surface area contributed by atoms with Gasteiger partial charge in [-0.3, -0.25) is 9.48 Å². The highest BCUT2D eigenvalue weighted by Crippen LogP contribution is 2.38. The van der Waals surface area contributed by atoms with Crippen LogP contribution in [0, 0.1) is 12.7 Å². The zero-order chi connectivity index (χ0) is 30.2. The summed E-state index contributed by atoms with van der Waals surface area (Å²) in [6.45, 7) is 1.05. The van der Waals surface area contributed by atoms with E-state index in [-0.39, 0.29) is 28.7 Å². The number of para-hydroxylation sites is 1. The van der Waals surface area contributed by atoms with E-state index in [4.69, 9.17) is 15.2 Å². The first kappa shape index (κ1) is 27.8. The van der Waals surface area contributed by atoms with Crippen LogP contribution in [0.2, 0.25) is 0 Å².